The molecule has 6 heteroatoms. The lowest BCUT2D eigenvalue weighted by Gasteiger charge is -2.36. The number of hydrogen-bond donors (Lipinski definition) is 0. The van der Waals surface area contributed by atoms with Crippen molar-refractivity contribution in [3.05, 3.63) is 70.6 Å². The maximum Gasteiger partial charge on any atom is 0.247 e. The summed E-state index contributed by atoms with van der Waals surface area (Å²) in [5, 5.41) is 9.35. The standard InChI is InChI=1S/C22H25ClN4O/c1-16-4-3-5-19(14-16)22-25-24-21(28-22)17(2)27-12-10-26(11-13-27)15-18-6-8-20(23)9-7-18/h3-9,14,17H,10-13,15H2,1-2H3/t17-/m1/s1. The van der Waals surface area contributed by atoms with Crippen LogP contribution in [0.1, 0.15) is 30.0 Å². The maximum atomic E-state index is 5.98. The van der Waals surface area contributed by atoms with Gasteiger partial charge in [-0.2, -0.15) is 0 Å². The van der Waals surface area contributed by atoms with Crippen molar-refractivity contribution >= 4 is 11.6 Å². The van der Waals surface area contributed by atoms with Crippen LogP contribution in [-0.2, 0) is 6.54 Å². The van der Waals surface area contributed by atoms with Gasteiger partial charge in [0.2, 0.25) is 11.8 Å². The van der Waals surface area contributed by atoms with Gasteiger partial charge in [-0.1, -0.05) is 41.4 Å². The van der Waals surface area contributed by atoms with E-state index in [-0.39, 0.29) is 6.04 Å². The summed E-state index contributed by atoms with van der Waals surface area (Å²) in [6, 6.07) is 16.4. The van der Waals surface area contributed by atoms with Crippen molar-refractivity contribution in [1.29, 1.82) is 0 Å². The number of hydrogen-bond acceptors (Lipinski definition) is 5. The molecular weight excluding hydrogens is 372 g/mol. The average Bonchev–Trinajstić information content (AvgIpc) is 3.20. The van der Waals surface area contributed by atoms with E-state index in [0.29, 0.717) is 11.8 Å². The minimum absolute atomic E-state index is 0.115. The zero-order chi connectivity index (χ0) is 19.5. The lowest BCUT2D eigenvalue weighted by atomic mass is 10.1. The third kappa shape index (κ3) is 4.43. The summed E-state index contributed by atoms with van der Waals surface area (Å²) in [5.41, 5.74) is 3.45. The molecule has 2 aromatic carbocycles. The highest BCUT2D eigenvalue weighted by atomic mass is 35.5. The molecule has 0 spiro atoms. The fraction of sp³-hybridized carbons (Fsp3) is 0.364. The van der Waals surface area contributed by atoms with Crippen LogP contribution in [0.5, 0.6) is 0 Å². The minimum atomic E-state index is 0.115. The van der Waals surface area contributed by atoms with E-state index in [2.05, 4.69) is 58.1 Å². The van der Waals surface area contributed by atoms with E-state index >= 15 is 0 Å². The molecule has 1 atom stereocenters. The van der Waals surface area contributed by atoms with E-state index < -0.39 is 0 Å². The minimum Gasteiger partial charge on any atom is -0.419 e. The quantitative estimate of drug-likeness (QED) is 0.631. The van der Waals surface area contributed by atoms with Crippen LogP contribution < -0.4 is 0 Å². The van der Waals surface area contributed by atoms with Crippen LogP contribution in [0.3, 0.4) is 0 Å². The van der Waals surface area contributed by atoms with Crippen molar-refractivity contribution in [1.82, 2.24) is 20.0 Å². The Morgan fingerprint density at radius 1 is 1.04 bits per heavy atom. The second-order valence-corrected chi connectivity index (χ2v) is 7.87. The predicted octanol–water partition coefficient (Wildman–Crippen LogP) is 4.58. The number of aromatic nitrogens is 2. The van der Waals surface area contributed by atoms with Gasteiger partial charge in [-0.25, -0.2) is 0 Å². The fourth-order valence-electron chi connectivity index (χ4n) is 3.61. The first-order valence-electron chi connectivity index (χ1n) is 9.70. The van der Waals surface area contributed by atoms with Crippen LogP contribution in [0, 0.1) is 6.92 Å². The first-order chi connectivity index (χ1) is 13.6. The van der Waals surface area contributed by atoms with Crippen molar-refractivity contribution in [2.45, 2.75) is 26.4 Å². The smallest absolute Gasteiger partial charge is 0.247 e. The summed E-state index contributed by atoms with van der Waals surface area (Å²) < 4.78 is 5.98. The molecule has 0 aliphatic carbocycles. The van der Waals surface area contributed by atoms with Crippen LogP contribution in [0.25, 0.3) is 11.5 Å². The summed E-state index contributed by atoms with van der Waals surface area (Å²) >= 11 is 5.97. The van der Waals surface area contributed by atoms with Crippen LogP contribution in [0.4, 0.5) is 0 Å². The van der Waals surface area contributed by atoms with Gasteiger partial charge in [0.25, 0.3) is 0 Å². The van der Waals surface area contributed by atoms with Crippen LogP contribution in [-0.4, -0.2) is 46.2 Å². The molecule has 0 bridgehead atoms. The highest BCUT2D eigenvalue weighted by Crippen LogP contribution is 2.25. The molecule has 0 N–H and O–H groups in total. The summed E-state index contributed by atoms with van der Waals surface area (Å²) in [5.74, 6) is 1.27. The fourth-order valence-corrected chi connectivity index (χ4v) is 3.74. The summed E-state index contributed by atoms with van der Waals surface area (Å²) in [6.07, 6.45) is 0. The second kappa shape index (κ2) is 8.43. The highest BCUT2D eigenvalue weighted by Gasteiger charge is 2.25. The molecule has 5 nitrogen and oxygen atoms in total. The zero-order valence-electron chi connectivity index (χ0n) is 16.3. The Labute approximate surface area is 170 Å². The van der Waals surface area contributed by atoms with Crippen molar-refractivity contribution in [3.8, 4) is 11.5 Å². The van der Waals surface area contributed by atoms with Gasteiger partial charge in [0.05, 0.1) is 6.04 Å². The van der Waals surface area contributed by atoms with E-state index in [1.54, 1.807) is 0 Å². The van der Waals surface area contributed by atoms with Crippen molar-refractivity contribution in [2.24, 2.45) is 0 Å². The van der Waals surface area contributed by atoms with E-state index in [0.717, 1.165) is 43.3 Å². The van der Waals surface area contributed by atoms with E-state index in [1.807, 2.05) is 24.3 Å². The van der Waals surface area contributed by atoms with Gasteiger partial charge in [-0.05, 0) is 43.7 Å². The van der Waals surface area contributed by atoms with E-state index in [1.165, 1.54) is 11.1 Å². The molecule has 0 unspecified atom stereocenters. The van der Waals surface area contributed by atoms with E-state index in [9.17, 15) is 0 Å². The maximum absolute atomic E-state index is 5.98. The highest BCUT2D eigenvalue weighted by molar-refractivity contribution is 6.30. The molecule has 3 aromatic rings. The monoisotopic (exact) mass is 396 g/mol. The Morgan fingerprint density at radius 3 is 2.50 bits per heavy atom. The molecule has 1 aliphatic rings. The van der Waals surface area contributed by atoms with Crippen molar-refractivity contribution in [2.75, 3.05) is 26.2 Å². The molecule has 0 saturated carbocycles. The van der Waals surface area contributed by atoms with Gasteiger partial charge in [0.1, 0.15) is 0 Å². The van der Waals surface area contributed by atoms with Gasteiger partial charge in [0.15, 0.2) is 0 Å². The predicted molar refractivity (Wildman–Crippen MR) is 111 cm³/mol. The van der Waals surface area contributed by atoms with Gasteiger partial charge in [-0.3, -0.25) is 9.80 Å². The molecule has 1 aliphatic heterocycles. The summed E-state index contributed by atoms with van der Waals surface area (Å²) in [7, 11) is 0. The number of halogens is 1. The number of aryl methyl sites for hydroxylation is 1. The summed E-state index contributed by atoms with van der Waals surface area (Å²) in [4.78, 5) is 4.88. The molecule has 1 saturated heterocycles. The molecule has 0 amide bonds. The van der Waals surface area contributed by atoms with Crippen LogP contribution >= 0.6 is 11.6 Å². The van der Waals surface area contributed by atoms with Gasteiger partial charge < -0.3 is 4.42 Å². The number of nitrogens with zero attached hydrogens (tertiary/aromatic N) is 4. The van der Waals surface area contributed by atoms with Crippen LogP contribution in [0.15, 0.2) is 52.9 Å². The van der Waals surface area contributed by atoms with Crippen molar-refractivity contribution < 1.29 is 4.42 Å². The largest absolute Gasteiger partial charge is 0.419 e. The van der Waals surface area contributed by atoms with Crippen molar-refractivity contribution in [3.63, 3.8) is 0 Å². The molecule has 1 fully saturated rings. The molecule has 28 heavy (non-hydrogen) atoms. The Balaban J connectivity index is 1.35. The average molecular weight is 397 g/mol. The number of rotatable bonds is 5. The van der Waals surface area contributed by atoms with Gasteiger partial charge in [-0.15, -0.1) is 10.2 Å². The molecule has 0 radical (unpaired) electrons. The molecule has 1 aromatic heterocycles. The Morgan fingerprint density at radius 2 is 1.79 bits per heavy atom. The number of piperazine rings is 1. The summed E-state index contributed by atoms with van der Waals surface area (Å²) in [6.45, 7) is 9.16. The lowest BCUT2D eigenvalue weighted by Crippen LogP contribution is -2.46. The second-order valence-electron chi connectivity index (χ2n) is 7.43. The lowest BCUT2D eigenvalue weighted by molar-refractivity contribution is 0.0876. The zero-order valence-corrected chi connectivity index (χ0v) is 17.1. The first-order valence-corrected chi connectivity index (χ1v) is 10.1. The normalized spacial score (nSPS) is 17.0. The Kier molecular flexibility index (Phi) is 5.76. The third-order valence-electron chi connectivity index (χ3n) is 5.34. The van der Waals surface area contributed by atoms with Crippen LogP contribution in [0.2, 0.25) is 5.02 Å². The first kappa shape index (κ1) is 19.1. The topological polar surface area (TPSA) is 45.4 Å². The molecule has 2 heterocycles. The Hall–Kier alpha value is -2.21. The molecular formula is C22H25ClN4O. The number of benzene rings is 2. The van der Waals surface area contributed by atoms with Gasteiger partial charge in [0, 0.05) is 43.3 Å². The van der Waals surface area contributed by atoms with E-state index in [4.69, 9.17) is 16.0 Å². The third-order valence-corrected chi connectivity index (χ3v) is 5.59. The van der Waals surface area contributed by atoms with Gasteiger partial charge >= 0.3 is 0 Å². The Bertz CT molecular complexity index is 916. The molecule has 4 rings (SSSR count). The molecule has 146 valence electrons. The SMILES string of the molecule is Cc1cccc(-c2nnc([C@@H](C)N3CCN(Cc4ccc(Cl)cc4)CC3)o2)c1.